The fourth-order valence-corrected chi connectivity index (χ4v) is 2.09. The third-order valence-corrected chi connectivity index (χ3v) is 3.06. The summed E-state index contributed by atoms with van der Waals surface area (Å²) in [6, 6.07) is 0.786. The van der Waals surface area contributed by atoms with Gasteiger partial charge in [-0.2, -0.15) is 0 Å². The lowest BCUT2D eigenvalue weighted by Gasteiger charge is -2.18. The van der Waals surface area contributed by atoms with Crippen molar-refractivity contribution in [3.8, 4) is 0 Å². The molecule has 1 aliphatic heterocycles. The van der Waals surface area contributed by atoms with Gasteiger partial charge in [0.25, 0.3) is 0 Å². The van der Waals surface area contributed by atoms with E-state index in [-0.39, 0.29) is 11.0 Å². The number of hydrogen-bond acceptors (Lipinski definition) is 1. The normalized spacial score (nSPS) is 20.4. The minimum atomic E-state index is 0. The summed E-state index contributed by atoms with van der Waals surface area (Å²) < 4.78 is 0. The number of nitrogens with one attached hydrogen (secondary N) is 1. The molecule has 1 heterocycles. The molecule has 19 heavy (non-hydrogen) atoms. The van der Waals surface area contributed by atoms with Crippen LogP contribution < -0.4 is 5.32 Å². The SMILES string of the molecule is C1CCCCC1.CC.CC.C[C@H]1CCCCN1.O.O. The van der Waals surface area contributed by atoms with Gasteiger partial charge in [-0.15, -0.1) is 0 Å². The molecule has 0 aromatic rings. The summed E-state index contributed by atoms with van der Waals surface area (Å²) in [4.78, 5) is 0. The second-order valence-corrected chi connectivity index (χ2v) is 4.47. The molecule has 0 aromatic heterocycles. The smallest absolute Gasteiger partial charge is 0.00387 e. The highest BCUT2D eigenvalue weighted by Crippen LogP contribution is 2.15. The summed E-state index contributed by atoms with van der Waals surface area (Å²) in [6.07, 6.45) is 13.2. The summed E-state index contributed by atoms with van der Waals surface area (Å²) in [5.74, 6) is 0. The van der Waals surface area contributed by atoms with Gasteiger partial charge in [-0.25, -0.2) is 0 Å². The molecule has 3 nitrogen and oxygen atoms in total. The summed E-state index contributed by atoms with van der Waals surface area (Å²) in [7, 11) is 0. The largest absolute Gasteiger partial charge is 0.412 e. The van der Waals surface area contributed by atoms with Gasteiger partial charge >= 0.3 is 0 Å². The van der Waals surface area contributed by atoms with Crippen LogP contribution >= 0.6 is 0 Å². The minimum Gasteiger partial charge on any atom is -0.412 e. The maximum atomic E-state index is 3.38. The Morgan fingerprint density at radius 1 is 0.632 bits per heavy atom. The molecule has 0 amide bonds. The van der Waals surface area contributed by atoms with Gasteiger partial charge in [0, 0.05) is 6.04 Å². The van der Waals surface area contributed by atoms with Gasteiger partial charge < -0.3 is 16.3 Å². The van der Waals surface area contributed by atoms with E-state index in [1.165, 1.54) is 64.3 Å². The second-order valence-electron chi connectivity index (χ2n) is 4.47. The van der Waals surface area contributed by atoms with Gasteiger partial charge in [-0.1, -0.05) is 72.6 Å². The van der Waals surface area contributed by atoms with E-state index in [2.05, 4.69) is 12.2 Å². The van der Waals surface area contributed by atoms with E-state index in [9.17, 15) is 0 Å². The van der Waals surface area contributed by atoms with Crippen LogP contribution in [0.5, 0.6) is 0 Å². The average Bonchev–Trinajstić information content (AvgIpc) is 2.47. The fourth-order valence-electron chi connectivity index (χ4n) is 2.09. The van der Waals surface area contributed by atoms with E-state index in [4.69, 9.17) is 0 Å². The average molecular weight is 280 g/mol. The topological polar surface area (TPSA) is 75.0 Å². The lowest BCUT2D eigenvalue weighted by molar-refractivity contribution is 0.425. The Kier molecular flexibility index (Phi) is 37.9. The van der Waals surface area contributed by atoms with Crippen molar-refractivity contribution >= 4 is 0 Å². The van der Waals surface area contributed by atoms with E-state index in [0.717, 1.165) is 6.04 Å². The highest BCUT2D eigenvalue weighted by Gasteiger charge is 2.04. The van der Waals surface area contributed by atoms with Crippen LogP contribution in [0, 0.1) is 0 Å². The van der Waals surface area contributed by atoms with Crippen LogP contribution in [0.3, 0.4) is 0 Å². The molecule has 2 fully saturated rings. The molecule has 0 radical (unpaired) electrons. The van der Waals surface area contributed by atoms with E-state index >= 15 is 0 Å². The maximum absolute atomic E-state index is 3.38. The van der Waals surface area contributed by atoms with Crippen molar-refractivity contribution in [3.05, 3.63) is 0 Å². The van der Waals surface area contributed by atoms with Gasteiger partial charge in [-0.3, -0.25) is 0 Å². The molecule has 2 aliphatic rings. The Morgan fingerprint density at radius 2 is 1.00 bits per heavy atom. The zero-order valence-electron chi connectivity index (χ0n) is 14.1. The monoisotopic (exact) mass is 279 g/mol. The van der Waals surface area contributed by atoms with E-state index in [1.807, 2.05) is 27.7 Å². The van der Waals surface area contributed by atoms with Crippen LogP contribution in [0.15, 0.2) is 0 Å². The Balaban J connectivity index is -0.0000000872. The molecule has 0 aromatic carbocycles. The van der Waals surface area contributed by atoms with E-state index < -0.39 is 0 Å². The molecule has 2 rings (SSSR count). The highest BCUT2D eigenvalue weighted by atomic mass is 16.0. The van der Waals surface area contributed by atoms with Gasteiger partial charge in [0.15, 0.2) is 0 Å². The van der Waals surface area contributed by atoms with Crippen molar-refractivity contribution in [2.45, 2.75) is 98.4 Å². The molecule has 0 bridgehead atoms. The quantitative estimate of drug-likeness (QED) is 0.717. The third kappa shape index (κ3) is 23.4. The summed E-state index contributed by atoms with van der Waals surface area (Å²) in [5.41, 5.74) is 0. The third-order valence-electron chi connectivity index (χ3n) is 3.06. The number of hydrogen-bond donors (Lipinski definition) is 1. The molecule has 5 N–H and O–H groups in total. The van der Waals surface area contributed by atoms with Gasteiger partial charge in [0.05, 0.1) is 0 Å². The Labute approximate surface area is 122 Å². The van der Waals surface area contributed by atoms with Crippen molar-refractivity contribution in [2.75, 3.05) is 6.54 Å². The van der Waals surface area contributed by atoms with Crippen LogP contribution in [0.2, 0.25) is 0 Å². The zero-order valence-corrected chi connectivity index (χ0v) is 14.1. The fraction of sp³-hybridized carbons (Fsp3) is 1.00. The maximum Gasteiger partial charge on any atom is 0.00387 e. The van der Waals surface area contributed by atoms with Crippen molar-refractivity contribution < 1.29 is 11.0 Å². The van der Waals surface area contributed by atoms with Crippen LogP contribution in [0.4, 0.5) is 0 Å². The van der Waals surface area contributed by atoms with Crippen molar-refractivity contribution in [3.63, 3.8) is 0 Å². The predicted octanol–water partition coefficient (Wildman–Crippen LogP) is 3.89. The van der Waals surface area contributed by atoms with Gasteiger partial charge in [0.2, 0.25) is 0 Å². The molecule has 1 saturated heterocycles. The standard InChI is InChI=1S/C6H13N.C6H12.2C2H6.2H2O/c1-6-4-2-3-5-7-6;1-2-4-6-5-3-1;2*1-2;;/h6-7H,2-5H2,1H3;1-6H2;2*1-2H3;2*1H2/t6-;;;;;/m0...../s1. The first-order chi connectivity index (χ1) is 8.39. The van der Waals surface area contributed by atoms with Crippen molar-refractivity contribution in [1.29, 1.82) is 0 Å². The minimum absolute atomic E-state index is 0. The van der Waals surface area contributed by atoms with E-state index in [0.29, 0.717) is 0 Å². The molecule has 1 saturated carbocycles. The molecule has 1 atom stereocenters. The molecule has 0 unspecified atom stereocenters. The Hall–Kier alpha value is -0.120. The highest BCUT2D eigenvalue weighted by molar-refractivity contribution is 4.65. The number of rotatable bonds is 0. The Morgan fingerprint density at radius 3 is 1.16 bits per heavy atom. The lowest BCUT2D eigenvalue weighted by atomic mass is 10.0. The molecule has 0 spiro atoms. The second kappa shape index (κ2) is 26.4. The summed E-state index contributed by atoms with van der Waals surface area (Å²) >= 11 is 0. The van der Waals surface area contributed by atoms with Crippen LogP contribution in [-0.4, -0.2) is 23.5 Å². The van der Waals surface area contributed by atoms with Crippen LogP contribution in [-0.2, 0) is 0 Å². The van der Waals surface area contributed by atoms with Crippen LogP contribution in [0.1, 0.15) is 92.4 Å². The van der Waals surface area contributed by atoms with Crippen molar-refractivity contribution in [1.82, 2.24) is 5.32 Å². The Bertz CT molecular complexity index is 99.8. The predicted molar refractivity (Wildman–Crippen MR) is 88.9 cm³/mol. The first-order valence-electron chi connectivity index (χ1n) is 8.13. The van der Waals surface area contributed by atoms with Crippen molar-refractivity contribution in [2.24, 2.45) is 0 Å². The van der Waals surface area contributed by atoms with E-state index in [1.54, 1.807) is 0 Å². The molecule has 3 heteroatoms. The first-order valence-corrected chi connectivity index (χ1v) is 8.13. The summed E-state index contributed by atoms with van der Waals surface area (Å²) in [6.45, 7) is 11.5. The summed E-state index contributed by atoms with van der Waals surface area (Å²) in [5, 5.41) is 3.38. The molecular formula is C16H41NO2. The lowest BCUT2D eigenvalue weighted by Crippen LogP contribution is -2.30. The zero-order chi connectivity index (χ0) is 13.4. The van der Waals surface area contributed by atoms with Crippen LogP contribution in [0.25, 0.3) is 0 Å². The number of piperidine rings is 1. The first kappa shape index (κ1) is 27.3. The van der Waals surface area contributed by atoms with Gasteiger partial charge in [0.1, 0.15) is 0 Å². The molecular weight excluding hydrogens is 238 g/mol. The molecule has 122 valence electrons. The molecule has 1 aliphatic carbocycles. The van der Waals surface area contributed by atoms with Gasteiger partial charge in [-0.05, 0) is 26.3 Å².